The summed E-state index contributed by atoms with van der Waals surface area (Å²) in [5, 5.41) is 0. The van der Waals surface area contributed by atoms with E-state index in [-0.39, 0.29) is 0 Å². The minimum Gasteiger partial charge on any atom is -0.383 e. The van der Waals surface area contributed by atoms with Gasteiger partial charge in [-0.15, -0.1) is 0 Å². The molecule has 0 saturated heterocycles. The Hall–Kier alpha value is -1.42. The van der Waals surface area contributed by atoms with Gasteiger partial charge in [-0.1, -0.05) is 35.0 Å². The smallest absolute Gasteiger partial charge is 0.130 e. The maximum absolute atomic E-state index is 5.84. The van der Waals surface area contributed by atoms with E-state index in [1.807, 2.05) is 24.3 Å². The molecule has 0 spiro atoms. The van der Waals surface area contributed by atoms with E-state index in [4.69, 9.17) is 5.73 Å². The van der Waals surface area contributed by atoms with Crippen LogP contribution in [0.5, 0.6) is 0 Å². The topological polar surface area (TPSA) is 51.8 Å². The number of nitrogens with zero attached hydrogens (tertiary/aromatic N) is 2. The van der Waals surface area contributed by atoms with E-state index in [1.165, 1.54) is 6.33 Å². The molecular formula is C12H12BrN3. The summed E-state index contributed by atoms with van der Waals surface area (Å²) >= 11 is 3.45. The van der Waals surface area contributed by atoms with Gasteiger partial charge in [-0.25, -0.2) is 9.97 Å². The van der Waals surface area contributed by atoms with Gasteiger partial charge in [-0.3, -0.25) is 0 Å². The first kappa shape index (κ1) is 11.1. The van der Waals surface area contributed by atoms with Gasteiger partial charge in [0.1, 0.15) is 12.1 Å². The standard InChI is InChI=1S/C12H12BrN3/c1-2-10-11(15-7-16-12(10)14)8-4-3-5-9(13)6-8/h3-7H,2H2,1H3,(H2,14,15,16). The van der Waals surface area contributed by atoms with E-state index in [0.29, 0.717) is 5.82 Å². The van der Waals surface area contributed by atoms with Crippen molar-refractivity contribution in [3.8, 4) is 11.3 Å². The van der Waals surface area contributed by atoms with Gasteiger partial charge < -0.3 is 5.73 Å². The summed E-state index contributed by atoms with van der Waals surface area (Å²) in [6.45, 7) is 2.05. The molecule has 2 N–H and O–H groups in total. The van der Waals surface area contributed by atoms with Gasteiger partial charge in [0.25, 0.3) is 0 Å². The lowest BCUT2D eigenvalue weighted by Gasteiger charge is -2.08. The molecule has 0 fully saturated rings. The van der Waals surface area contributed by atoms with Crippen LogP contribution in [0.2, 0.25) is 0 Å². The summed E-state index contributed by atoms with van der Waals surface area (Å²) in [6.07, 6.45) is 2.33. The lowest BCUT2D eigenvalue weighted by atomic mass is 10.0. The van der Waals surface area contributed by atoms with Gasteiger partial charge in [0.15, 0.2) is 0 Å². The van der Waals surface area contributed by atoms with Crippen molar-refractivity contribution < 1.29 is 0 Å². The zero-order valence-electron chi connectivity index (χ0n) is 8.94. The second kappa shape index (κ2) is 4.61. The lowest BCUT2D eigenvalue weighted by Crippen LogP contribution is -2.01. The van der Waals surface area contributed by atoms with Gasteiger partial charge in [0.2, 0.25) is 0 Å². The Kier molecular flexibility index (Phi) is 3.19. The van der Waals surface area contributed by atoms with Crippen LogP contribution in [-0.4, -0.2) is 9.97 Å². The normalized spacial score (nSPS) is 10.4. The molecule has 4 heteroatoms. The largest absolute Gasteiger partial charge is 0.383 e. The summed E-state index contributed by atoms with van der Waals surface area (Å²) < 4.78 is 1.03. The van der Waals surface area contributed by atoms with Gasteiger partial charge in [-0.05, 0) is 18.6 Å². The Labute approximate surface area is 103 Å². The van der Waals surface area contributed by atoms with E-state index in [0.717, 1.165) is 27.7 Å². The molecule has 82 valence electrons. The van der Waals surface area contributed by atoms with Crippen molar-refractivity contribution in [1.29, 1.82) is 0 Å². The average molecular weight is 278 g/mol. The Morgan fingerprint density at radius 1 is 1.31 bits per heavy atom. The molecule has 0 aliphatic carbocycles. The fraction of sp³-hybridized carbons (Fsp3) is 0.167. The van der Waals surface area contributed by atoms with Gasteiger partial charge in [0, 0.05) is 15.6 Å². The zero-order valence-corrected chi connectivity index (χ0v) is 10.5. The third kappa shape index (κ3) is 2.07. The van der Waals surface area contributed by atoms with E-state index >= 15 is 0 Å². The molecule has 0 aliphatic heterocycles. The SMILES string of the molecule is CCc1c(N)ncnc1-c1cccc(Br)c1. The third-order valence-corrected chi connectivity index (χ3v) is 2.92. The second-order valence-electron chi connectivity index (χ2n) is 3.45. The number of nitrogen functional groups attached to an aromatic ring is 1. The molecule has 0 bridgehead atoms. The van der Waals surface area contributed by atoms with Crippen molar-refractivity contribution in [2.75, 3.05) is 5.73 Å². The lowest BCUT2D eigenvalue weighted by molar-refractivity contribution is 1.06. The molecule has 0 unspecified atom stereocenters. The third-order valence-electron chi connectivity index (χ3n) is 2.43. The molecule has 2 aromatic rings. The van der Waals surface area contributed by atoms with Crippen molar-refractivity contribution in [2.24, 2.45) is 0 Å². The molecule has 0 radical (unpaired) electrons. The minimum atomic E-state index is 0.562. The van der Waals surface area contributed by atoms with Crippen molar-refractivity contribution in [3.05, 3.63) is 40.6 Å². The molecule has 1 aromatic carbocycles. The zero-order chi connectivity index (χ0) is 11.5. The van der Waals surface area contributed by atoms with Crippen molar-refractivity contribution in [2.45, 2.75) is 13.3 Å². The summed E-state index contributed by atoms with van der Waals surface area (Å²) in [5.74, 6) is 0.562. The first-order valence-corrected chi connectivity index (χ1v) is 5.87. The first-order chi connectivity index (χ1) is 7.72. The maximum Gasteiger partial charge on any atom is 0.130 e. The van der Waals surface area contributed by atoms with Crippen LogP contribution in [0.15, 0.2) is 35.1 Å². The number of rotatable bonds is 2. The van der Waals surface area contributed by atoms with Crippen molar-refractivity contribution >= 4 is 21.7 Å². The molecular weight excluding hydrogens is 266 g/mol. The molecule has 0 saturated carbocycles. The number of aromatic nitrogens is 2. The van der Waals surface area contributed by atoms with Crippen LogP contribution < -0.4 is 5.73 Å². The summed E-state index contributed by atoms with van der Waals surface area (Å²) in [7, 11) is 0. The van der Waals surface area contributed by atoms with Crippen molar-refractivity contribution in [1.82, 2.24) is 9.97 Å². The number of benzene rings is 1. The summed E-state index contributed by atoms with van der Waals surface area (Å²) in [4.78, 5) is 8.32. The predicted molar refractivity (Wildman–Crippen MR) is 69.0 cm³/mol. The average Bonchev–Trinajstić information content (AvgIpc) is 2.28. The number of hydrogen-bond acceptors (Lipinski definition) is 3. The van der Waals surface area contributed by atoms with Crippen LogP contribution in [0.4, 0.5) is 5.82 Å². The Morgan fingerprint density at radius 3 is 2.81 bits per heavy atom. The quantitative estimate of drug-likeness (QED) is 0.918. The monoisotopic (exact) mass is 277 g/mol. The highest BCUT2D eigenvalue weighted by Gasteiger charge is 2.09. The molecule has 3 nitrogen and oxygen atoms in total. The molecule has 1 aromatic heterocycles. The number of anilines is 1. The Morgan fingerprint density at radius 2 is 2.12 bits per heavy atom. The van der Waals surface area contributed by atoms with E-state index in [9.17, 15) is 0 Å². The van der Waals surface area contributed by atoms with Crippen LogP contribution in [-0.2, 0) is 6.42 Å². The van der Waals surface area contributed by atoms with Crippen LogP contribution >= 0.6 is 15.9 Å². The predicted octanol–water partition coefficient (Wildman–Crippen LogP) is 3.05. The van der Waals surface area contributed by atoms with E-state index in [1.54, 1.807) is 0 Å². The Balaban J connectivity index is 2.60. The fourth-order valence-corrected chi connectivity index (χ4v) is 2.06. The molecule has 1 heterocycles. The highest BCUT2D eigenvalue weighted by molar-refractivity contribution is 9.10. The van der Waals surface area contributed by atoms with Crippen molar-refractivity contribution in [3.63, 3.8) is 0 Å². The second-order valence-corrected chi connectivity index (χ2v) is 4.37. The summed E-state index contributed by atoms with van der Waals surface area (Å²) in [5.41, 5.74) is 8.81. The molecule has 0 aliphatic rings. The molecule has 16 heavy (non-hydrogen) atoms. The fourth-order valence-electron chi connectivity index (χ4n) is 1.66. The molecule has 2 rings (SSSR count). The minimum absolute atomic E-state index is 0.562. The maximum atomic E-state index is 5.84. The van der Waals surface area contributed by atoms with Crippen LogP contribution in [0.1, 0.15) is 12.5 Å². The highest BCUT2D eigenvalue weighted by Crippen LogP contribution is 2.26. The molecule has 0 atom stereocenters. The van der Waals surface area contributed by atoms with Crippen LogP contribution in [0.3, 0.4) is 0 Å². The number of hydrogen-bond donors (Lipinski definition) is 1. The molecule has 0 amide bonds. The van der Waals surface area contributed by atoms with E-state index < -0.39 is 0 Å². The van der Waals surface area contributed by atoms with E-state index in [2.05, 4.69) is 32.8 Å². The van der Waals surface area contributed by atoms with Gasteiger partial charge in [-0.2, -0.15) is 0 Å². The number of halogens is 1. The van der Waals surface area contributed by atoms with Crippen LogP contribution in [0.25, 0.3) is 11.3 Å². The van der Waals surface area contributed by atoms with Gasteiger partial charge >= 0.3 is 0 Å². The Bertz CT molecular complexity index is 511. The number of nitrogens with two attached hydrogens (primary N) is 1. The first-order valence-electron chi connectivity index (χ1n) is 5.07. The summed E-state index contributed by atoms with van der Waals surface area (Å²) in [6, 6.07) is 8.02. The van der Waals surface area contributed by atoms with Gasteiger partial charge in [0.05, 0.1) is 5.69 Å². The highest BCUT2D eigenvalue weighted by atomic mass is 79.9. The van der Waals surface area contributed by atoms with Crippen LogP contribution in [0, 0.1) is 0 Å².